The molecule has 0 saturated heterocycles. The van der Waals surface area contributed by atoms with E-state index in [2.05, 4.69) is 47.8 Å². The van der Waals surface area contributed by atoms with E-state index in [0.717, 1.165) is 44.2 Å². The minimum atomic E-state index is 0.657. The van der Waals surface area contributed by atoms with Gasteiger partial charge in [-0.2, -0.15) is 5.10 Å². The molecule has 0 aliphatic rings. The quantitative estimate of drug-likeness (QED) is 0.734. The highest BCUT2D eigenvalue weighted by Crippen LogP contribution is 2.15. The molecule has 18 heavy (non-hydrogen) atoms. The second-order valence-corrected chi connectivity index (χ2v) is 5.41. The highest BCUT2D eigenvalue weighted by molar-refractivity contribution is 4.88. The van der Waals surface area contributed by atoms with Gasteiger partial charge in [0.05, 0.1) is 0 Å². The van der Waals surface area contributed by atoms with Crippen molar-refractivity contribution >= 4 is 0 Å². The van der Waals surface area contributed by atoms with Crippen molar-refractivity contribution < 1.29 is 0 Å². The largest absolute Gasteiger partial charge is 0.317 e. The van der Waals surface area contributed by atoms with Crippen LogP contribution in [0.2, 0.25) is 0 Å². The van der Waals surface area contributed by atoms with Crippen LogP contribution in [0.5, 0.6) is 0 Å². The van der Waals surface area contributed by atoms with Gasteiger partial charge < -0.3 is 5.32 Å². The lowest BCUT2D eigenvalue weighted by Gasteiger charge is -2.19. The standard InChI is InChI=1S/C14H28N4/c1-5-7-18-14(16-11-17-18)9-13(8-12(3)4)10-15-6-2/h11-13,15H,5-10H2,1-4H3. The van der Waals surface area contributed by atoms with Gasteiger partial charge in [-0.3, -0.25) is 4.68 Å². The molecule has 0 bridgehead atoms. The van der Waals surface area contributed by atoms with Gasteiger partial charge in [-0.1, -0.05) is 27.7 Å². The molecule has 0 fully saturated rings. The summed E-state index contributed by atoms with van der Waals surface area (Å²) in [6.07, 6.45) is 5.07. The Morgan fingerprint density at radius 2 is 2.11 bits per heavy atom. The van der Waals surface area contributed by atoms with Crippen LogP contribution < -0.4 is 5.32 Å². The van der Waals surface area contributed by atoms with Crippen molar-refractivity contribution in [1.82, 2.24) is 20.1 Å². The first-order chi connectivity index (χ1) is 8.67. The van der Waals surface area contributed by atoms with E-state index < -0.39 is 0 Å². The molecule has 4 nitrogen and oxygen atoms in total. The number of aromatic nitrogens is 3. The zero-order chi connectivity index (χ0) is 13.4. The molecule has 1 heterocycles. The lowest BCUT2D eigenvalue weighted by atomic mass is 9.93. The van der Waals surface area contributed by atoms with Gasteiger partial charge in [0, 0.05) is 13.0 Å². The maximum absolute atomic E-state index is 4.41. The normalized spacial score (nSPS) is 13.2. The fourth-order valence-electron chi connectivity index (χ4n) is 2.36. The average Bonchev–Trinajstić information content (AvgIpc) is 2.73. The molecule has 0 saturated carbocycles. The minimum absolute atomic E-state index is 0.657. The maximum Gasteiger partial charge on any atom is 0.138 e. The first-order valence-electron chi connectivity index (χ1n) is 7.24. The highest BCUT2D eigenvalue weighted by atomic mass is 15.3. The van der Waals surface area contributed by atoms with Crippen LogP contribution in [0.25, 0.3) is 0 Å². The van der Waals surface area contributed by atoms with Gasteiger partial charge in [0.1, 0.15) is 12.2 Å². The monoisotopic (exact) mass is 252 g/mol. The molecule has 104 valence electrons. The van der Waals surface area contributed by atoms with Crippen molar-refractivity contribution in [3.05, 3.63) is 12.2 Å². The summed E-state index contributed by atoms with van der Waals surface area (Å²) in [5.74, 6) is 2.53. The summed E-state index contributed by atoms with van der Waals surface area (Å²) in [6.45, 7) is 12.0. The van der Waals surface area contributed by atoms with E-state index in [1.54, 1.807) is 6.33 Å². The number of nitrogens with one attached hydrogen (secondary N) is 1. The summed E-state index contributed by atoms with van der Waals surface area (Å²) in [5.41, 5.74) is 0. The van der Waals surface area contributed by atoms with Gasteiger partial charge in [0.15, 0.2) is 0 Å². The Balaban J connectivity index is 2.59. The molecule has 0 radical (unpaired) electrons. The average molecular weight is 252 g/mol. The molecular formula is C14H28N4. The van der Waals surface area contributed by atoms with Gasteiger partial charge in [0.25, 0.3) is 0 Å². The molecule has 0 spiro atoms. The number of hydrogen-bond acceptors (Lipinski definition) is 3. The molecule has 4 heteroatoms. The Morgan fingerprint density at radius 3 is 2.72 bits per heavy atom. The van der Waals surface area contributed by atoms with Gasteiger partial charge in [0.2, 0.25) is 0 Å². The van der Waals surface area contributed by atoms with Crippen LogP contribution in [-0.2, 0) is 13.0 Å². The summed E-state index contributed by atoms with van der Waals surface area (Å²) in [5, 5.41) is 7.76. The molecule has 1 N–H and O–H groups in total. The molecule has 0 aliphatic carbocycles. The molecule has 1 unspecified atom stereocenters. The van der Waals surface area contributed by atoms with Crippen molar-refractivity contribution in [3.63, 3.8) is 0 Å². The van der Waals surface area contributed by atoms with E-state index in [1.165, 1.54) is 6.42 Å². The van der Waals surface area contributed by atoms with Crippen molar-refractivity contribution in [2.75, 3.05) is 13.1 Å². The topological polar surface area (TPSA) is 42.7 Å². The van der Waals surface area contributed by atoms with E-state index in [9.17, 15) is 0 Å². The molecule has 0 aliphatic heterocycles. The van der Waals surface area contributed by atoms with E-state index in [0.29, 0.717) is 5.92 Å². The third kappa shape index (κ3) is 5.17. The zero-order valence-electron chi connectivity index (χ0n) is 12.3. The summed E-state index contributed by atoms with van der Waals surface area (Å²) in [6, 6.07) is 0. The molecule has 1 atom stereocenters. The predicted octanol–water partition coefficient (Wildman–Crippen LogP) is 2.50. The lowest BCUT2D eigenvalue weighted by molar-refractivity contribution is 0.374. The first-order valence-corrected chi connectivity index (χ1v) is 7.24. The van der Waals surface area contributed by atoms with Crippen molar-refractivity contribution in [1.29, 1.82) is 0 Å². The van der Waals surface area contributed by atoms with Crippen LogP contribution >= 0.6 is 0 Å². The number of hydrogen-bond donors (Lipinski definition) is 1. The molecule has 0 amide bonds. The highest BCUT2D eigenvalue weighted by Gasteiger charge is 2.15. The number of nitrogens with zero attached hydrogens (tertiary/aromatic N) is 3. The molecule has 1 aromatic rings. The van der Waals surface area contributed by atoms with Crippen molar-refractivity contribution in [3.8, 4) is 0 Å². The van der Waals surface area contributed by atoms with Gasteiger partial charge in [-0.25, -0.2) is 4.98 Å². The fourth-order valence-corrected chi connectivity index (χ4v) is 2.36. The third-order valence-corrected chi connectivity index (χ3v) is 3.09. The molecular weight excluding hydrogens is 224 g/mol. The Hall–Kier alpha value is -0.900. The lowest BCUT2D eigenvalue weighted by Crippen LogP contribution is -2.26. The van der Waals surface area contributed by atoms with Gasteiger partial charge in [-0.05, 0) is 37.8 Å². The minimum Gasteiger partial charge on any atom is -0.317 e. The van der Waals surface area contributed by atoms with Crippen LogP contribution in [-0.4, -0.2) is 27.9 Å². The van der Waals surface area contributed by atoms with Gasteiger partial charge >= 0.3 is 0 Å². The summed E-state index contributed by atoms with van der Waals surface area (Å²) in [7, 11) is 0. The Morgan fingerprint density at radius 1 is 1.33 bits per heavy atom. The second kappa shape index (κ2) is 8.25. The van der Waals surface area contributed by atoms with Crippen LogP contribution in [0.15, 0.2) is 6.33 Å². The Bertz CT molecular complexity index is 319. The molecule has 1 rings (SSSR count). The van der Waals surface area contributed by atoms with Gasteiger partial charge in [-0.15, -0.1) is 0 Å². The van der Waals surface area contributed by atoms with E-state index in [4.69, 9.17) is 0 Å². The van der Waals surface area contributed by atoms with E-state index in [-0.39, 0.29) is 0 Å². The Labute approximate surface area is 111 Å². The summed E-state index contributed by atoms with van der Waals surface area (Å²) < 4.78 is 2.05. The van der Waals surface area contributed by atoms with Crippen LogP contribution in [0.3, 0.4) is 0 Å². The SMILES string of the molecule is CCCn1ncnc1CC(CNCC)CC(C)C. The van der Waals surface area contributed by atoms with Crippen LogP contribution in [0.4, 0.5) is 0 Å². The van der Waals surface area contributed by atoms with Crippen LogP contribution in [0.1, 0.15) is 46.4 Å². The van der Waals surface area contributed by atoms with Crippen molar-refractivity contribution in [2.24, 2.45) is 11.8 Å². The third-order valence-electron chi connectivity index (χ3n) is 3.09. The molecule has 0 aromatic carbocycles. The zero-order valence-corrected chi connectivity index (χ0v) is 12.3. The first kappa shape index (κ1) is 15.2. The summed E-state index contributed by atoms with van der Waals surface area (Å²) in [4.78, 5) is 4.41. The second-order valence-electron chi connectivity index (χ2n) is 5.41. The van der Waals surface area contributed by atoms with Crippen LogP contribution in [0, 0.1) is 11.8 Å². The number of aryl methyl sites for hydroxylation is 1. The maximum atomic E-state index is 4.41. The summed E-state index contributed by atoms with van der Waals surface area (Å²) >= 11 is 0. The van der Waals surface area contributed by atoms with E-state index in [1.807, 2.05) is 0 Å². The van der Waals surface area contributed by atoms with Crippen molar-refractivity contribution in [2.45, 2.75) is 53.5 Å². The number of rotatable bonds is 9. The molecule has 1 aromatic heterocycles. The smallest absolute Gasteiger partial charge is 0.138 e. The predicted molar refractivity (Wildman–Crippen MR) is 75.5 cm³/mol. The Kier molecular flexibility index (Phi) is 6.94. The fraction of sp³-hybridized carbons (Fsp3) is 0.857. The van der Waals surface area contributed by atoms with E-state index >= 15 is 0 Å².